The normalized spacial score (nSPS) is 12.6. The van der Waals surface area contributed by atoms with E-state index in [-0.39, 0.29) is 6.04 Å². The molecule has 0 saturated carbocycles. The van der Waals surface area contributed by atoms with E-state index < -0.39 is 0 Å². The van der Waals surface area contributed by atoms with Crippen LogP contribution in [0.15, 0.2) is 42.6 Å². The predicted octanol–water partition coefficient (Wildman–Crippen LogP) is 2.05. The summed E-state index contributed by atoms with van der Waals surface area (Å²) >= 11 is 0. The lowest BCUT2D eigenvalue weighted by Crippen LogP contribution is -2.15. The first-order chi connectivity index (χ1) is 7.77. The Morgan fingerprint density at radius 3 is 2.62 bits per heavy atom. The number of hydrogen-bond donors (Lipinski definition) is 1. The van der Waals surface area contributed by atoms with Crippen molar-refractivity contribution >= 4 is 0 Å². The second-order valence-corrected chi connectivity index (χ2v) is 4.01. The minimum absolute atomic E-state index is 0.0627. The fraction of sp³-hybridized carbons (Fsp3) is 0.308. The lowest BCUT2D eigenvalue weighted by molar-refractivity contribution is 0.582. The molecule has 0 amide bonds. The molecule has 3 heteroatoms. The van der Waals surface area contributed by atoms with E-state index in [0.717, 1.165) is 18.5 Å². The Morgan fingerprint density at radius 1 is 1.25 bits per heavy atom. The van der Waals surface area contributed by atoms with E-state index >= 15 is 0 Å². The third kappa shape index (κ3) is 2.49. The molecule has 0 aliphatic heterocycles. The van der Waals surface area contributed by atoms with Crippen molar-refractivity contribution in [1.82, 2.24) is 9.78 Å². The van der Waals surface area contributed by atoms with Gasteiger partial charge in [0, 0.05) is 19.3 Å². The quantitative estimate of drug-likeness (QED) is 0.848. The Labute approximate surface area is 95.9 Å². The monoisotopic (exact) mass is 215 g/mol. The van der Waals surface area contributed by atoms with Crippen molar-refractivity contribution in [2.75, 3.05) is 0 Å². The number of hydrogen-bond acceptors (Lipinski definition) is 2. The van der Waals surface area contributed by atoms with Gasteiger partial charge in [-0.2, -0.15) is 5.10 Å². The number of nitrogens with zero attached hydrogens (tertiary/aromatic N) is 2. The first-order valence-corrected chi connectivity index (χ1v) is 5.55. The van der Waals surface area contributed by atoms with E-state index in [2.05, 4.69) is 29.4 Å². The summed E-state index contributed by atoms with van der Waals surface area (Å²) in [5.41, 5.74) is 8.55. The number of aromatic nitrogens is 2. The SMILES string of the molecule is Cn1nccc1C(N)CCc1ccccc1. The molecule has 0 aliphatic rings. The summed E-state index contributed by atoms with van der Waals surface area (Å²) < 4.78 is 1.84. The van der Waals surface area contributed by atoms with Gasteiger partial charge in [-0.3, -0.25) is 4.68 Å². The summed E-state index contributed by atoms with van der Waals surface area (Å²) in [6, 6.07) is 12.5. The van der Waals surface area contributed by atoms with Crippen molar-refractivity contribution in [1.29, 1.82) is 0 Å². The lowest BCUT2D eigenvalue weighted by Gasteiger charge is -2.11. The van der Waals surface area contributed by atoms with Crippen LogP contribution in [-0.2, 0) is 13.5 Å². The molecule has 3 nitrogen and oxygen atoms in total. The number of rotatable bonds is 4. The maximum atomic E-state index is 6.13. The minimum Gasteiger partial charge on any atom is -0.323 e. The summed E-state index contributed by atoms with van der Waals surface area (Å²) in [6.45, 7) is 0. The maximum absolute atomic E-state index is 6.13. The highest BCUT2D eigenvalue weighted by molar-refractivity contribution is 5.15. The standard InChI is InChI=1S/C13H17N3/c1-16-13(9-10-15-16)12(14)8-7-11-5-3-2-4-6-11/h2-6,9-10,12H,7-8,14H2,1H3. The highest BCUT2D eigenvalue weighted by atomic mass is 15.3. The topological polar surface area (TPSA) is 43.8 Å². The molecule has 0 fully saturated rings. The van der Waals surface area contributed by atoms with E-state index in [1.807, 2.05) is 23.9 Å². The zero-order chi connectivity index (χ0) is 11.4. The van der Waals surface area contributed by atoms with Gasteiger partial charge in [-0.25, -0.2) is 0 Å². The van der Waals surface area contributed by atoms with Crippen LogP contribution < -0.4 is 5.73 Å². The first-order valence-electron chi connectivity index (χ1n) is 5.55. The van der Waals surface area contributed by atoms with Gasteiger partial charge in [-0.1, -0.05) is 30.3 Å². The number of aryl methyl sites for hydroxylation is 2. The molecular formula is C13H17N3. The Bertz CT molecular complexity index is 433. The highest BCUT2D eigenvalue weighted by Gasteiger charge is 2.09. The van der Waals surface area contributed by atoms with Gasteiger partial charge in [0.15, 0.2) is 0 Å². The zero-order valence-electron chi connectivity index (χ0n) is 9.50. The molecule has 0 bridgehead atoms. The van der Waals surface area contributed by atoms with E-state index in [4.69, 9.17) is 5.73 Å². The highest BCUT2D eigenvalue weighted by Crippen LogP contribution is 2.15. The van der Waals surface area contributed by atoms with Crippen LogP contribution in [0.3, 0.4) is 0 Å². The van der Waals surface area contributed by atoms with Crippen LogP contribution in [0.2, 0.25) is 0 Å². The molecular weight excluding hydrogens is 198 g/mol. The molecule has 1 atom stereocenters. The first kappa shape index (κ1) is 10.9. The molecule has 2 N–H and O–H groups in total. The van der Waals surface area contributed by atoms with E-state index in [0.29, 0.717) is 0 Å². The second-order valence-electron chi connectivity index (χ2n) is 4.01. The van der Waals surface area contributed by atoms with Gasteiger partial charge in [-0.05, 0) is 24.5 Å². The van der Waals surface area contributed by atoms with Crippen LogP contribution in [0, 0.1) is 0 Å². The fourth-order valence-corrected chi connectivity index (χ4v) is 1.86. The molecule has 1 heterocycles. The van der Waals surface area contributed by atoms with Gasteiger partial charge < -0.3 is 5.73 Å². The fourth-order valence-electron chi connectivity index (χ4n) is 1.86. The van der Waals surface area contributed by atoms with Gasteiger partial charge in [0.2, 0.25) is 0 Å². The predicted molar refractivity (Wildman–Crippen MR) is 64.9 cm³/mol. The second kappa shape index (κ2) is 4.94. The molecule has 0 saturated heterocycles. The lowest BCUT2D eigenvalue weighted by atomic mass is 10.0. The third-order valence-corrected chi connectivity index (χ3v) is 2.83. The Morgan fingerprint density at radius 2 is 2.00 bits per heavy atom. The van der Waals surface area contributed by atoms with Crippen LogP contribution in [0.1, 0.15) is 23.7 Å². The average Bonchev–Trinajstić information content (AvgIpc) is 2.74. The largest absolute Gasteiger partial charge is 0.323 e. The van der Waals surface area contributed by atoms with Gasteiger partial charge in [0.25, 0.3) is 0 Å². The Balaban J connectivity index is 1.94. The van der Waals surface area contributed by atoms with Gasteiger partial charge >= 0.3 is 0 Å². The summed E-state index contributed by atoms with van der Waals surface area (Å²) in [4.78, 5) is 0. The van der Waals surface area contributed by atoms with Crippen molar-refractivity contribution in [3.8, 4) is 0 Å². The third-order valence-electron chi connectivity index (χ3n) is 2.83. The minimum atomic E-state index is 0.0627. The van der Waals surface area contributed by atoms with Crippen LogP contribution in [0.5, 0.6) is 0 Å². The molecule has 0 spiro atoms. The molecule has 16 heavy (non-hydrogen) atoms. The van der Waals surface area contributed by atoms with Crippen molar-refractivity contribution in [2.45, 2.75) is 18.9 Å². The zero-order valence-corrected chi connectivity index (χ0v) is 9.50. The van der Waals surface area contributed by atoms with Crippen LogP contribution in [0.25, 0.3) is 0 Å². The molecule has 2 aromatic rings. The van der Waals surface area contributed by atoms with Gasteiger partial charge in [-0.15, -0.1) is 0 Å². The summed E-state index contributed by atoms with van der Waals surface area (Å²) in [6.07, 6.45) is 3.74. The number of benzene rings is 1. The maximum Gasteiger partial charge on any atom is 0.0548 e. The molecule has 1 unspecified atom stereocenters. The van der Waals surface area contributed by atoms with E-state index in [9.17, 15) is 0 Å². The smallest absolute Gasteiger partial charge is 0.0548 e. The van der Waals surface area contributed by atoms with Crippen LogP contribution in [-0.4, -0.2) is 9.78 Å². The summed E-state index contributed by atoms with van der Waals surface area (Å²) in [7, 11) is 1.93. The van der Waals surface area contributed by atoms with Crippen LogP contribution >= 0.6 is 0 Å². The van der Waals surface area contributed by atoms with Crippen molar-refractivity contribution in [2.24, 2.45) is 12.8 Å². The molecule has 1 aromatic carbocycles. The van der Waals surface area contributed by atoms with Crippen molar-refractivity contribution in [3.63, 3.8) is 0 Å². The Hall–Kier alpha value is -1.61. The Kier molecular flexibility index (Phi) is 3.37. The van der Waals surface area contributed by atoms with Gasteiger partial charge in [0.05, 0.1) is 5.69 Å². The number of nitrogens with two attached hydrogens (primary N) is 1. The van der Waals surface area contributed by atoms with Gasteiger partial charge in [0.1, 0.15) is 0 Å². The van der Waals surface area contributed by atoms with Crippen LogP contribution in [0.4, 0.5) is 0 Å². The van der Waals surface area contributed by atoms with E-state index in [1.54, 1.807) is 6.20 Å². The molecule has 84 valence electrons. The van der Waals surface area contributed by atoms with Crippen molar-refractivity contribution in [3.05, 3.63) is 53.9 Å². The molecule has 2 rings (SSSR count). The average molecular weight is 215 g/mol. The van der Waals surface area contributed by atoms with E-state index in [1.165, 1.54) is 5.56 Å². The molecule has 1 aromatic heterocycles. The summed E-state index contributed by atoms with van der Waals surface area (Å²) in [5, 5.41) is 4.13. The summed E-state index contributed by atoms with van der Waals surface area (Å²) in [5.74, 6) is 0. The molecule has 0 aliphatic carbocycles. The van der Waals surface area contributed by atoms with Crippen molar-refractivity contribution < 1.29 is 0 Å². The molecule has 0 radical (unpaired) electrons.